The molecule has 1 aliphatic carbocycles. The Morgan fingerprint density at radius 1 is 1.47 bits per heavy atom. The van der Waals surface area contributed by atoms with E-state index in [1.54, 1.807) is 12.1 Å². The molecule has 1 aliphatic rings. The molecule has 2 atom stereocenters. The maximum Gasteiger partial charge on any atom is 0.271 e. The van der Waals surface area contributed by atoms with Gasteiger partial charge in [0.2, 0.25) is 0 Å². The van der Waals surface area contributed by atoms with Gasteiger partial charge in [-0.15, -0.1) is 10.2 Å². The summed E-state index contributed by atoms with van der Waals surface area (Å²) in [5.41, 5.74) is 0.320. The lowest BCUT2D eigenvalue weighted by Crippen LogP contribution is -2.29. The van der Waals surface area contributed by atoms with Gasteiger partial charge >= 0.3 is 0 Å². The van der Waals surface area contributed by atoms with Crippen LogP contribution in [0.25, 0.3) is 0 Å². The van der Waals surface area contributed by atoms with Gasteiger partial charge in [0.05, 0.1) is 0 Å². The first kappa shape index (κ1) is 12.3. The molecular weight excluding hydrogens is 238 g/mol. The number of nitrogens with one attached hydrogen (secondary N) is 1. The van der Waals surface area contributed by atoms with Gasteiger partial charge in [0.15, 0.2) is 10.8 Å². The molecule has 0 aromatic carbocycles. The number of hydrogen-bond donors (Lipinski definition) is 1. The molecule has 0 spiro atoms. The van der Waals surface area contributed by atoms with Crippen molar-refractivity contribution in [3.8, 4) is 0 Å². The number of hydrogen-bond acceptors (Lipinski definition) is 3. The molecule has 17 heavy (non-hydrogen) atoms. The number of carbonyl (C=O) groups is 1. The predicted octanol–water partition coefficient (Wildman–Crippen LogP) is 2.30. The molecule has 92 valence electrons. The average Bonchev–Trinajstić information content (AvgIpc) is 2.73. The fourth-order valence-corrected chi connectivity index (χ4v) is 2.38. The van der Waals surface area contributed by atoms with Crippen LogP contribution in [0.2, 0.25) is 5.15 Å². The second-order valence-electron chi connectivity index (χ2n) is 4.74. The van der Waals surface area contributed by atoms with Crippen LogP contribution in [0.4, 0.5) is 0 Å². The number of amides is 1. The summed E-state index contributed by atoms with van der Waals surface area (Å²) in [7, 11) is 0. The molecule has 4 nitrogen and oxygen atoms in total. The van der Waals surface area contributed by atoms with E-state index in [1.165, 1.54) is 19.3 Å². The van der Waals surface area contributed by atoms with Gasteiger partial charge in [0.1, 0.15) is 0 Å². The Morgan fingerprint density at radius 3 is 2.88 bits per heavy atom. The standard InChI is InChI=1S/C12H16ClN3O/c1-8-2-3-9(6-8)7-14-12(17)10-4-5-11(13)16-15-10/h4-5,8-9H,2-3,6-7H2,1H3,(H,14,17). The molecule has 1 fully saturated rings. The summed E-state index contributed by atoms with van der Waals surface area (Å²) in [6, 6.07) is 3.16. The second-order valence-corrected chi connectivity index (χ2v) is 5.12. The first-order valence-electron chi connectivity index (χ1n) is 5.92. The maximum atomic E-state index is 11.7. The van der Waals surface area contributed by atoms with Crippen LogP contribution in [-0.2, 0) is 0 Å². The first-order chi connectivity index (χ1) is 8.15. The summed E-state index contributed by atoms with van der Waals surface area (Å²) >= 11 is 5.61. The van der Waals surface area contributed by atoms with Crippen molar-refractivity contribution in [2.75, 3.05) is 6.54 Å². The van der Waals surface area contributed by atoms with Gasteiger partial charge < -0.3 is 5.32 Å². The van der Waals surface area contributed by atoms with Crippen molar-refractivity contribution >= 4 is 17.5 Å². The molecule has 1 N–H and O–H groups in total. The fraction of sp³-hybridized carbons (Fsp3) is 0.583. The lowest BCUT2D eigenvalue weighted by atomic mass is 10.1. The molecule has 1 aromatic heterocycles. The summed E-state index contributed by atoms with van der Waals surface area (Å²) in [6.45, 7) is 2.99. The van der Waals surface area contributed by atoms with E-state index < -0.39 is 0 Å². The molecular formula is C12H16ClN3O. The lowest BCUT2D eigenvalue weighted by Gasteiger charge is -2.10. The highest BCUT2D eigenvalue weighted by molar-refractivity contribution is 6.29. The molecule has 0 aliphatic heterocycles. The summed E-state index contributed by atoms with van der Waals surface area (Å²) in [6.07, 6.45) is 3.67. The van der Waals surface area contributed by atoms with Crippen molar-refractivity contribution in [3.63, 3.8) is 0 Å². The van der Waals surface area contributed by atoms with Crippen LogP contribution < -0.4 is 5.32 Å². The molecule has 2 unspecified atom stereocenters. The minimum Gasteiger partial charge on any atom is -0.350 e. The molecule has 1 aromatic rings. The van der Waals surface area contributed by atoms with E-state index in [-0.39, 0.29) is 5.91 Å². The van der Waals surface area contributed by atoms with Crippen molar-refractivity contribution in [2.45, 2.75) is 26.2 Å². The van der Waals surface area contributed by atoms with Crippen LogP contribution in [-0.4, -0.2) is 22.6 Å². The van der Waals surface area contributed by atoms with E-state index >= 15 is 0 Å². The monoisotopic (exact) mass is 253 g/mol. The Labute approximate surface area is 106 Å². The Balaban J connectivity index is 1.83. The summed E-state index contributed by atoms with van der Waals surface area (Å²) in [4.78, 5) is 11.7. The maximum absolute atomic E-state index is 11.7. The van der Waals surface area contributed by atoms with Gasteiger partial charge in [-0.05, 0) is 36.8 Å². The van der Waals surface area contributed by atoms with E-state index in [9.17, 15) is 4.79 Å². The van der Waals surface area contributed by atoms with Gasteiger partial charge in [-0.3, -0.25) is 4.79 Å². The van der Waals surface area contributed by atoms with E-state index in [2.05, 4.69) is 22.4 Å². The van der Waals surface area contributed by atoms with Crippen LogP contribution in [0.1, 0.15) is 36.7 Å². The summed E-state index contributed by atoms with van der Waals surface area (Å²) in [5.74, 6) is 1.22. The Hall–Kier alpha value is -1.16. The summed E-state index contributed by atoms with van der Waals surface area (Å²) in [5, 5.41) is 10.6. The zero-order chi connectivity index (χ0) is 12.3. The van der Waals surface area contributed by atoms with Crippen LogP contribution in [0.5, 0.6) is 0 Å². The molecule has 5 heteroatoms. The normalized spacial score (nSPS) is 23.6. The number of rotatable bonds is 3. The predicted molar refractivity (Wildman–Crippen MR) is 65.9 cm³/mol. The molecule has 1 amide bonds. The van der Waals surface area contributed by atoms with Crippen molar-refractivity contribution in [1.29, 1.82) is 0 Å². The highest BCUT2D eigenvalue weighted by Gasteiger charge is 2.21. The Kier molecular flexibility index (Phi) is 3.94. The van der Waals surface area contributed by atoms with Crippen molar-refractivity contribution in [3.05, 3.63) is 23.0 Å². The van der Waals surface area contributed by atoms with Crippen LogP contribution >= 0.6 is 11.6 Å². The number of aromatic nitrogens is 2. The third-order valence-corrected chi connectivity index (χ3v) is 3.42. The zero-order valence-corrected chi connectivity index (χ0v) is 10.6. The lowest BCUT2D eigenvalue weighted by molar-refractivity contribution is 0.0941. The van der Waals surface area contributed by atoms with Gasteiger partial charge in [0, 0.05) is 6.54 Å². The Bertz CT molecular complexity index is 393. The van der Waals surface area contributed by atoms with E-state index in [4.69, 9.17) is 11.6 Å². The Morgan fingerprint density at radius 2 is 2.29 bits per heavy atom. The smallest absolute Gasteiger partial charge is 0.271 e. The largest absolute Gasteiger partial charge is 0.350 e. The highest BCUT2D eigenvalue weighted by atomic mass is 35.5. The molecule has 1 heterocycles. The quantitative estimate of drug-likeness (QED) is 0.899. The van der Waals surface area contributed by atoms with Crippen molar-refractivity contribution in [2.24, 2.45) is 11.8 Å². The van der Waals surface area contributed by atoms with Gasteiger partial charge in [-0.1, -0.05) is 24.9 Å². The molecule has 0 saturated heterocycles. The number of nitrogens with zero attached hydrogens (tertiary/aromatic N) is 2. The molecule has 0 radical (unpaired) electrons. The third-order valence-electron chi connectivity index (χ3n) is 3.22. The van der Waals surface area contributed by atoms with E-state index in [1.807, 2.05) is 0 Å². The van der Waals surface area contributed by atoms with Gasteiger partial charge in [0.25, 0.3) is 5.91 Å². The third kappa shape index (κ3) is 3.40. The highest BCUT2D eigenvalue weighted by Crippen LogP contribution is 2.29. The fourth-order valence-electron chi connectivity index (χ4n) is 2.28. The SMILES string of the molecule is CC1CCC(CNC(=O)c2ccc(Cl)nn2)C1. The minimum absolute atomic E-state index is 0.172. The first-order valence-corrected chi connectivity index (χ1v) is 6.30. The van der Waals surface area contributed by atoms with Crippen LogP contribution in [0.15, 0.2) is 12.1 Å². The van der Waals surface area contributed by atoms with Gasteiger partial charge in [-0.2, -0.15) is 0 Å². The van der Waals surface area contributed by atoms with E-state index in [0.29, 0.717) is 16.8 Å². The zero-order valence-electron chi connectivity index (χ0n) is 9.82. The number of carbonyl (C=O) groups excluding carboxylic acids is 1. The summed E-state index contributed by atoms with van der Waals surface area (Å²) < 4.78 is 0. The molecule has 1 saturated carbocycles. The topological polar surface area (TPSA) is 54.9 Å². The second kappa shape index (κ2) is 5.45. The van der Waals surface area contributed by atoms with Gasteiger partial charge in [-0.25, -0.2) is 0 Å². The van der Waals surface area contributed by atoms with Crippen molar-refractivity contribution < 1.29 is 4.79 Å². The number of halogens is 1. The minimum atomic E-state index is -0.172. The molecule has 0 bridgehead atoms. The molecule has 2 rings (SSSR count). The van der Waals surface area contributed by atoms with Crippen LogP contribution in [0, 0.1) is 11.8 Å². The average molecular weight is 254 g/mol. The van der Waals surface area contributed by atoms with Crippen LogP contribution in [0.3, 0.4) is 0 Å². The van der Waals surface area contributed by atoms with Crippen molar-refractivity contribution in [1.82, 2.24) is 15.5 Å². The van der Waals surface area contributed by atoms with E-state index in [0.717, 1.165) is 12.5 Å².